The van der Waals surface area contributed by atoms with Gasteiger partial charge in [0.25, 0.3) is 0 Å². The largest absolute Gasteiger partial charge is 0.357 e. The van der Waals surface area contributed by atoms with Crippen LogP contribution < -0.4 is 10.2 Å². The molecule has 2 aromatic heterocycles. The van der Waals surface area contributed by atoms with Gasteiger partial charge < -0.3 is 10.2 Å². The zero-order valence-electron chi connectivity index (χ0n) is 12.4. The van der Waals surface area contributed by atoms with Crippen LogP contribution in [0.3, 0.4) is 0 Å². The molecule has 4 nitrogen and oxygen atoms in total. The van der Waals surface area contributed by atoms with Crippen molar-refractivity contribution < 1.29 is 0 Å². The van der Waals surface area contributed by atoms with Crippen LogP contribution in [0.5, 0.6) is 0 Å². The Hall–Kier alpha value is -1.94. The fraction of sp³-hybridized carbons (Fsp3) is 0.412. The number of nitrogens with zero attached hydrogens (tertiary/aromatic N) is 3. The van der Waals surface area contributed by atoms with Gasteiger partial charge in [0.05, 0.1) is 0 Å². The van der Waals surface area contributed by atoms with Crippen LogP contribution in [-0.2, 0) is 0 Å². The SMILES string of the molecule is C[C@H](NC1CCN(c2ccccn2)CC1)c1cccnc1. The number of anilines is 1. The molecule has 0 saturated carbocycles. The van der Waals surface area contributed by atoms with Gasteiger partial charge in [0, 0.05) is 43.8 Å². The van der Waals surface area contributed by atoms with E-state index in [0.29, 0.717) is 12.1 Å². The molecule has 1 fully saturated rings. The van der Waals surface area contributed by atoms with E-state index in [4.69, 9.17) is 0 Å². The highest BCUT2D eigenvalue weighted by molar-refractivity contribution is 5.38. The highest BCUT2D eigenvalue weighted by Gasteiger charge is 2.21. The number of rotatable bonds is 4. The quantitative estimate of drug-likeness (QED) is 0.936. The molecular formula is C17H22N4. The molecule has 1 aliphatic heterocycles. The third kappa shape index (κ3) is 3.58. The molecule has 2 aromatic rings. The minimum atomic E-state index is 0.352. The molecular weight excluding hydrogens is 260 g/mol. The molecule has 4 heteroatoms. The summed E-state index contributed by atoms with van der Waals surface area (Å²) >= 11 is 0. The maximum absolute atomic E-state index is 4.43. The van der Waals surface area contributed by atoms with E-state index in [9.17, 15) is 0 Å². The molecule has 1 N–H and O–H groups in total. The van der Waals surface area contributed by atoms with Crippen LogP contribution in [0.25, 0.3) is 0 Å². The Morgan fingerprint density at radius 2 is 2.00 bits per heavy atom. The Morgan fingerprint density at radius 1 is 1.14 bits per heavy atom. The van der Waals surface area contributed by atoms with E-state index in [0.717, 1.165) is 31.7 Å². The molecule has 3 rings (SSSR count). The summed E-state index contributed by atoms with van der Waals surface area (Å²) in [5.41, 5.74) is 1.25. The third-order valence-corrected chi connectivity index (χ3v) is 4.14. The molecule has 0 bridgehead atoms. The molecule has 1 saturated heterocycles. The van der Waals surface area contributed by atoms with Gasteiger partial charge in [-0.2, -0.15) is 0 Å². The first-order valence-electron chi connectivity index (χ1n) is 7.65. The van der Waals surface area contributed by atoms with Crippen molar-refractivity contribution in [2.45, 2.75) is 31.8 Å². The molecule has 0 spiro atoms. The van der Waals surface area contributed by atoms with Crippen molar-refractivity contribution in [3.63, 3.8) is 0 Å². The van der Waals surface area contributed by atoms with E-state index in [-0.39, 0.29) is 0 Å². The van der Waals surface area contributed by atoms with Gasteiger partial charge in [-0.3, -0.25) is 4.98 Å². The Kier molecular flexibility index (Phi) is 4.46. The topological polar surface area (TPSA) is 41.0 Å². The molecule has 0 unspecified atom stereocenters. The second-order valence-corrected chi connectivity index (χ2v) is 5.62. The van der Waals surface area contributed by atoms with Crippen LogP contribution in [0, 0.1) is 0 Å². The van der Waals surface area contributed by atoms with Gasteiger partial charge in [-0.1, -0.05) is 12.1 Å². The van der Waals surface area contributed by atoms with Gasteiger partial charge in [-0.15, -0.1) is 0 Å². The zero-order valence-corrected chi connectivity index (χ0v) is 12.4. The highest BCUT2D eigenvalue weighted by Crippen LogP contribution is 2.20. The van der Waals surface area contributed by atoms with E-state index in [1.165, 1.54) is 5.56 Å². The minimum Gasteiger partial charge on any atom is -0.357 e. The van der Waals surface area contributed by atoms with E-state index < -0.39 is 0 Å². The molecule has 3 heterocycles. The number of hydrogen-bond donors (Lipinski definition) is 1. The van der Waals surface area contributed by atoms with Crippen LogP contribution in [0.1, 0.15) is 31.4 Å². The van der Waals surface area contributed by atoms with Crippen molar-refractivity contribution >= 4 is 5.82 Å². The van der Waals surface area contributed by atoms with Crippen LogP contribution >= 0.6 is 0 Å². The summed E-state index contributed by atoms with van der Waals surface area (Å²) in [5, 5.41) is 3.72. The van der Waals surface area contributed by atoms with Crippen molar-refractivity contribution in [3.05, 3.63) is 54.5 Å². The van der Waals surface area contributed by atoms with Gasteiger partial charge >= 0.3 is 0 Å². The fourth-order valence-electron chi connectivity index (χ4n) is 2.90. The smallest absolute Gasteiger partial charge is 0.128 e. The summed E-state index contributed by atoms with van der Waals surface area (Å²) < 4.78 is 0. The van der Waals surface area contributed by atoms with E-state index in [1.807, 2.05) is 30.7 Å². The summed E-state index contributed by atoms with van der Waals surface area (Å²) in [6.45, 7) is 4.34. The number of piperidine rings is 1. The molecule has 1 atom stereocenters. The lowest BCUT2D eigenvalue weighted by molar-refractivity contribution is 0.379. The normalized spacial score (nSPS) is 17.7. The Bertz CT molecular complexity index is 535. The van der Waals surface area contributed by atoms with Crippen molar-refractivity contribution in [3.8, 4) is 0 Å². The average Bonchev–Trinajstić information content (AvgIpc) is 2.57. The Morgan fingerprint density at radius 3 is 2.67 bits per heavy atom. The van der Waals surface area contributed by atoms with E-state index in [2.05, 4.69) is 45.3 Å². The van der Waals surface area contributed by atoms with Crippen molar-refractivity contribution in [1.29, 1.82) is 0 Å². The van der Waals surface area contributed by atoms with Gasteiger partial charge in [-0.25, -0.2) is 4.98 Å². The van der Waals surface area contributed by atoms with Crippen LogP contribution in [-0.4, -0.2) is 29.1 Å². The molecule has 0 aliphatic carbocycles. The first-order valence-corrected chi connectivity index (χ1v) is 7.65. The predicted octanol–water partition coefficient (Wildman–Crippen LogP) is 2.80. The minimum absolute atomic E-state index is 0.352. The average molecular weight is 282 g/mol. The fourth-order valence-corrected chi connectivity index (χ4v) is 2.90. The predicted molar refractivity (Wildman–Crippen MR) is 85.3 cm³/mol. The van der Waals surface area contributed by atoms with E-state index in [1.54, 1.807) is 0 Å². The van der Waals surface area contributed by atoms with Gasteiger partial charge in [-0.05, 0) is 43.5 Å². The van der Waals surface area contributed by atoms with Crippen LogP contribution in [0.4, 0.5) is 5.82 Å². The summed E-state index contributed by atoms with van der Waals surface area (Å²) in [6.07, 6.45) is 7.94. The summed E-state index contributed by atoms with van der Waals surface area (Å²) in [5.74, 6) is 1.09. The van der Waals surface area contributed by atoms with Crippen molar-refractivity contribution in [2.24, 2.45) is 0 Å². The molecule has 110 valence electrons. The lowest BCUT2D eigenvalue weighted by Crippen LogP contribution is -2.43. The number of nitrogens with one attached hydrogen (secondary N) is 1. The van der Waals surface area contributed by atoms with E-state index >= 15 is 0 Å². The maximum atomic E-state index is 4.43. The molecule has 0 aromatic carbocycles. The first kappa shape index (κ1) is 14.0. The first-order chi connectivity index (χ1) is 10.3. The monoisotopic (exact) mass is 282 g/mol. The van der Waals surface area contributed by atoms with Crippen molar-refractivity contribution in [2.75, 3.05) is 18.0 Å². The zero-order chi connectivity index (χ0) is 14.5. The van der Waals surface area contributed by atoms with Gasteiger partial charge in [0.15, 0.2) is 0 Å². The van der Waals surface area contributed by atoms with Gasteiger partial charge in [0.2, 0.25) is 0 Å². The van der Waals surface area contributed by atoms with Gasteiger partial charge in [0.1, 0.15) is 5.82 Å². The second kappa shape index (κ2) is 6.68. The number of pyridine rings is 2. The Labute approximate surface area is 126 Å². The molecule has 0 radical (unpaired) electrons. The lowest BCUT2D eigenvalue weighted by Gasteiger charge is -2.34. The lowest BCUT2D eigenvalue weighted by atomic mass is 10.0. The van der Waals surface area contributed by atoms with Crippen LogP contribution in [0.2, 0.25) is 0 Å². The summed E-state index contributed by atoms with van der Waals surface area (Å²) in [7, 11) is 0. The molecule has 0 amide bonds. The van der Waals surface area contributed by atoms with Crippen molar-refractivity contribution in [1.82, 2.24) is 15.3 Å². The summed E-state index contributed by atoms with van der Waals surface area (Å²) in [4.78, 5) is 11.0. The molecule has 1 aliphatic rings. The van der Waals surface area contributed by atoms with Crippen LogP contribution in [0.15, 0.2) is 48.9 Å². The highest BCUT2D eigenvalue weighted by atomic mass is 15.2. The third-order valence-electron chi connectivity index (χ3n) is 4.14. The maximum Gasteiger partial charge on any atom is 0.128 e. The second-order valence-electron chi connectivity index (χ2n) is 5.62. The molecule has 21 heavy (non-hydrogen) atoms. The standard InChI is InChI=1S/C17H22N4/c1-14(15-5-4-9-18-13-15)20-16-7-11-21(12-8-16)17-6-2-3-10-19-17/h2-6,9-10,13-14,16,20H,7-8,11-12H2,1H3/t14-/m0/s1. The number of aromatic nitrogens is 2. The summed E-state index contributed by atoms with van der Waals surface area (Å²) in [6, 6.07) is 11.2. The Balaban J connectivity index is 1.52. The number of hydrogen-bond acceptors (Lipinski definition) is 4.